The lowest BCUT2D eigenvalue weighted by Gasteiger charge is -2.41. The van der Waals surface area contributed by atoms with Gasteiger partial charge in [0.15, 0.2) is 0 Å². The molecular weight excluding hydrogens is 375 g/mol. The Morgan fingerprint density at radius 1 is 0.815 bits per heavy atom. The fraction of sp³-hybridized carbons (Fsp3) is 0.478. The van der Waals surface area contributed by atoms with E-state index in [1.165, 1.54) is 70.4 Å². The average molecular weight is 407 g/mol. The molecule has 1 fully saturated rings. The van der Waals surface area contributed by atoms with Crippen LogP contribution in [0.1, 0.15) is 42.0 Å². The van der Waals surface area contributed by atoms with Crippen molar-refractivity contribution < 1.29 is 0 Å². The van der Waals surface area contributed by atoms with Crippen LogP contribution in [0.25, 0.3) is 0 Å². The van der Waals surface area contributed by atoms with Gasteiger partial charge in [-0.1, -0.05) is 54.6 Å². The molecule has 1 saturated heterocycles. The summed E-state index contributed by atoms with van der Waals surface area (Å²) in [4.78, 5) is 5.40. The lowest BCUT2D eigenvalue weighted by atomic mass is 9.86. The first-order valence-corrected chi connectivity index (χ1v) is 9.98. The van der Waals surface area contributed by atoms with Gasteiger partial charge in [-0.25, -0.2) is 0 Å². The minimum atomic E-state index is 0. The van der Waals surface area contributed by atoms with Gasteiger partial charge >= 0.3 is 0 Å². The van der Waals surface area contributed by atoms with E-state index < -0.39 is 0 Å². The van der Waals surface area contributed by atoms with E-state index in [1.807, 2.05) is 0 Å². The van der Waals surface area contributed by atoms with Gasteiger partial charge in [0, 0.05) is 32.2 Å². The Hall–Kier alpha value is -1.06. The molecule has 1 heterocycles. The predicted octanol–water partition coefficient (Wildman–Crippen LogP) is 5.16. The molecule has 148 valence electrons. The summed E-state index contributed by atoms with van der Waals surface area (Å²) in [6, 6.07) is 20.7. The van der Waals surface area contributed by atoms with Gasteiger partial charge in [0.1, 0.15) is 0 Å². The van der Waals surface area contributed by atoms with Crippen LogP contribution in [0.15, 0.2) is 54.6 Å². The molecule has 0 spiro atoms. The Kier molecular flexibility index (Phi) is 9.11. The zero-order valence-electron chi connectivity index (χ0n) is 16.1. The molecule has 0 N–H and O–H groups in total. The minimum Gasteiger partial charge on any atom is -0.301 e. The number of halogens is 2. The molecule has 0 radical (unpaired) electrons. The normalized spacial score (nSPS) is 20.2. The van der Waals surface area contributed by atoms with Crippen molar-refractivity contribution in [1.82, 2.24) is 9.80 Å². The van der Waals surface area contributed by atoms with Gasteiger partial charge in [0.2, 0.25) is 0 Å². The van der Waals surface area contributed by atoms with Crippen molar-refractivity contribution >= 4 is 24.8 Å². The number of piperazine rings is 1. The first-order valence-electron chi connectivity index (χ1n) is 9.98. The summed E-state index contributed by atoms with van der Waals surface area (Å²) >= 11 is 0. The van der Waals surface area contributed by atoms with Crippen molar-refractivity contribution in [3.05, 3.63) is 71.3 Å². The van der Waals surface area contributed by atoms with Crippen LogP contribution in [0, 0.1) is 0 Å². The van der Waals surface area contributed by atoms with E-state index in [9.17, 15) is 0 Å². The number of aryl methyl sites for hydroxylation is 2. The van der Waals surface area contributed by atoms with Gasteiger partial charge < -0.3 is 4.90 Å². The van der Waals surface area contributed by atoms with Crippen molar-refractivity contribution in [2.24, 2.45) is 0 Å². The fourth-order valence-electron chi connectivity index (χ4n) is 4.56. The second kappa shape index (κ2) is 11.1. The van der Waals surface area contributed by atoms with Gasteiger partial charge in [-0.15, -0.1) is 24.8 Å². The summed E-state index contributed by atoms with van der Waals surface area (Å²) in [6.45, 7) is 6.15. The van der Waals surface area contributed by atoms with E-state index in [2.05, 4.69) is 64.4 Å². The molecule has 4 rings (SSSR count). The Morgan fingerprint density at radius 3 is 2.30 bits per heavy atom. The van der Waals surface area contributed by atoms with Crippen molar-refractivity contribution in [3.63, 3.8) is 0 Å². The molecule has 2 nitrogen and oxygen atoms in total. The van der Waals surface area contributed by atoms with E-state index in [-0.39, 0.29) is 24.8 Å². The zero-order valence-corrected chi connectivity index (χ0v) is 17.7. The molecule has 2 aliphatic rings. The lowest BCUT2D eigenvalue weighted by molar-refractivity contribution is 0.0875. The third kappa shape index (κ3) is 5.71. The van der Waals surface area contributed by atoms with Crippen LogP contribution in [0.3, 0.4) is 0 Å². The van der Waals surface area contributed by atoms with E-state index in [0.717, 1.165) is 0 Å². The second-order valence-corrected chi connectivity index (χ2v) is 7.57. The van der Waals surface area contributed by atoms with Crippen LogP contribution < -0.4 is 0 Å². The number of benzene rings is 2. The smallest absolute Gasteiger partial charge is 0.0352 e. The Morgan fingerprint density at radius 2 is 1.52 bits per heavy atom. The summed E-state index contributed by atoms with van der Waals surface area (Å²) in [5, 5.41) is 0. The largest absolute Gasteiger partial charge is 0.301 e. The quantitative estimate of drug-likeness (QED) is 0.676. The molecule has 0 saturated carbocycles. The molecule has 27 heavy (non-hydrogen) atoms. The van der Waals surface area contributed by atoms with Crippen LogP contribution in [0.5, 0.6) is 0 Å². The second-order valence-electron chi connectivity index (χ2n) is 7.57. The maximum Gasteiger partial charge on any atom is 0.0352 e. The summed E-state index contributed by atoms with van der Waals surface area (Å²) in [5.74, 6) is 0. The number of nitrogens with zero attached hydrogens (tertiary/aromatic N) is 2. The molecule has 1 atom stereocenters. The van der Waals surface area contributed by atoms with Crippen LogP contribution in [0.2, 0.25) is 0 Å². The Bertz CT molecular complexity index is 669. The molecule has 0 unspecified atom stereocenters. The molecule has 0 amide bonds. The summed E-state index contributed by atoms with van der Waals surface area (Å²) in [6.07, 6.45) is 6.43. The van der Waals surface area contributed by atoms with Crippen molar-refractivity contribution in [2.75, 3.05) is 32.7 Å². The fourth-order valence-corrected chi connectivity index (χ4v) is 4.56. The molecule has 2 aromatic rings. The Labute approximate surface area is 176 Å². The minimum absolute atomic E-state index is 0. The van der Waals surface area contributed by atoms with Crippen LogP contribution >= 0.6 is 24.8 Å². The number of rotatable bonds is 5. The van der Waals surface area contributed by atoms with Gasteiger partial charge in [-0.3, -0.25) is 4.90 Å². The number of fused-ring (bicyclic) bond motifs is 1. The molecule has 0 aromatic heterocycles. The van der Waals surface area contributed by atoms with Crippen LogP contribution in [-0.4, -0.2) is 42.5 Å². The highest BCUT2D eigenvalue weighted by atomic mass is 35.5. The highest BCUT2D eigenvalue weighted by Gasteiger charge is 2.28. The molecule has 1 aliphatic carbocycles. The maximum absolute atomic E-state index is 2.74. The summed E-state index contributed by atoms with van der Waals surface area (Å²) in [5.41, 5.74) is 4.66. The topological polar surface area (TPSA) is 6.48 Å². The molecule has 1 aliphatic heterocycles. The molecule has 0 bridgehead atoms. The molecule has 4 heteroatoms. The number of hydrogen-bond acceptors (Lipinski definition) is 2. The van der Waals surface area contributed by atoms with E-state index in [1.54, 1.807) is 11.1 Å². The predicted molar refractivity (Wildman–Crippen MR) is 119 cm³/mol. The SMILES string of the molecule is Cl.Cl.c1ccc(CCCN2CCN([C@H]3CCCc4ccccc43)CC2)cc1. The summed E-state index contributed by atoms with van der Waals surface area (Å²) in [7, 11) is 0. The van der Waals surface area contributed by atoms with E-state index in [0.29, 0.717) is 6.04 Å². The third-order valence-electron chi connectivity index (χ3n) is 5.97. The third-order valence-corrected chi connectivity index (χ3v) is 5.97. The summed E-state index contributed by atoms with van der Waals surface area (Å²) < 4.78 is 0. The molecule has 2 aromatic carbocycles. The zero-order chi connectivity index (χ0) is 16.9. The van der Waals surface area contributed by atoms with E-state index >= 15 is 0 Å². The first kappa shape index (κ1) is 22.2. The first-order chi connectivity index (χ1) is 12.4. The van der Waals surface area contributed by atoms with Crippen molar-refractivity contribution in [3.8, 4) is 0 Å². The van der Waals surface area contributed by atoms with Crippen LogP contribution in [-0.2, 0) is 12.8 Å². The lowest BCUT2D eigenvalue weighted by Crippen LogP contribution is -2.48. The van der Waals surface area contributed by atoms with Gasteiger partial charge in [-0.05, 0) is 55.3 Å². The maximum atomic E-state index is 2.74. The van der Waals surface area contributed by atoms with Gasteiger partial charge in [-0.2, -0.15) is 0 Å². The van der Waals surface area contributed by atoms with Crippen molar-refractivity contribution in [1.29, 1.82) is 0 Å². The standard InChI is InChI=1S/C23H30N2.2ClH/c1-2-8-20(9-3-1)10-7-15-24-16-18-25(19-17-24)23-14-6-12-21-11-4-5-13-22(21)23;;/h1-5,8-9,11,13,23H,6-7,10,12,14-19H2;2*1H/t23-;;/m0../s1. The number of hydrogen-bond donors (Lipinski definition) is 0. The van der Waals surface area contributed by atoms with Crippen molar-refractivity contribution in [2.45, 2.75) is 38.1 Å². The van der Waals surface area contributed by atoms with Crippen LogP contribution in [0.4, 0.5) is 0 Å². The van der Waals surface area contributed by atoms with Gasteiger partial charge in [0.05, 0.1) is 0 Å². The highest BCUT2D eigenvalue weighted by Crippen LogP contribution is 2.34. The van der Waals surface area contributed by atoms with E-state index in [4.69, 9.17) is 0 Å². The highest BCUT2D eigenvalue weighted by molar-refractivity contribution is 5.85. The average Bonchev–Trinajstić information content (AvgIpc) is 2.69. The van der Waals surface area contributed by atoms with Gasteiger partial charge in [0.25, 0.3) is 0 Å². The Balaban J connectivity index is 0.00000131. The monoisotopic (exact) mass is 406 g/mol. The molecular formula is C23H32Cl2N2.